The van der Waals surface area contributed by atoms with E-state index in [2.05, 4.69) is 13.8 Å². The minimum absolute atomic E-state index is 0.300. The first-order valence-corrected chi connectivity index (χ1v) is 9.73. The molecule has 162 valence electrons. The van der Waals surface area contributed by atoms with E-state index in [0.29, 0.717) is 23.8 Å². The zero-order valence-corrected chi connectivity index (χ0v) is 18.3. The van der Waals surface area contributed by atoms with Crippen LogP contribution >= 0.6 is 0 Å². The summed E-state index contributed by atoms with van der Waals surface area (Å²) in [5.41, 5.74) is 9.08. The molecule has 0 bridgehead atoms. The van der Waals surface area contributed by atoms with E-state index in [9.17, 15) is 9.59 Å². The van der Waals surface area contributed by atoms with Crippen LogP contribution in [-0.4, -0.2) is 30.8 Å². The van der Waals surface area contributed by atoms with Crippen LogP contribution < -0.4 is 10.5 Å². The fourth-order valence-corrected chi connectivity index (χ4v) is 2.40. The number of ether oxygens (including phenoxy) is 2. The van der Waals surface area contributed by atoms with Gasteiger partial charge in [-0.2, -0.15) is 0 Å². The van der Waals surface area contributed by atoms with Crippen LogP contribution in [0.1, 0.15) is 47.3 Å². The van der Waals surface area contributed by atoms with E-state index in [0.717, 1.165) is 28.9 Å². The third kappa shape index (κ3) is 8.39. The summed E-state index contributed by atoms with van der Waals surface area (Å²) in [6, 6.07) is 10.6. The fourth-order valence-electron chi connectivity index (χ4n) is 2.40. The number of carboxylic acid groups (broad SMARTS) is 1. The van der Waals surface area contributed by atoms with E-state index in [1.54, 1.807) is 26.2 Å². The highest BCUT2D eigenvalue weighted by atomic mass is 16.5. The molecule has 2 aromatic rings. The Morgan fingerprint density at radius 2 is 1.70 bits per heavy atom. The number of methoxy groups -OCH3 is 1. The van der Waals surface area contributed by atoms with Gasteiger partial charge in [0.15, 0.2) is 0 Å². The number of rotatable bonds is 7. The lowest BCUT2D eigenvalue weighted by Gasteiger charge is -2.06. The average molecular weight is 414 g/mol. The van der Waals surface area contributed by atoms with Crippen molar-refractivity contribution in [3.8, 4) is 5.75 Å². The summed E-state index contributed by atoms with van der Waals surface area (Å²) in [5, 5.41) is 8.74. The molecule has 0 saturated carbocycles. The van der Waals surface area contributed by atoms with E-state index in [1.807, 2.05) is 31.2 Å². The Hall–Kier alpha value is -3.28. The van der Waals surface area contributed by atoms with Crippen LogP contribution in [0.2, 0.25) is 0 Å². The van der Waals surface area contributed by atoms with Crippen molar-refractivity contribution in [3.05, 3.63) is 64.7 Å². The maximum absolute atomic E-state index is 11.4. The van der Waals surface area contributed by atoms with Gasteiger partial charge in [-0.3, -0.25) is 0 Å². The van der Waals surface area contributed by atoms with Gasteiger partial charge in [-0.15, -0.1) is 0 Å². The molecule has 0 amide bonds. The quantitative estimate of drug-likeness (QED) is 0.381. The topological polar surface area (TPSA) is 98.9 Å². The van der Waals surface area contributed by atoms with E-state index in [-0.39, 0.29) is 5.97 Å². The number of esters is 1. The minimum atomic E-state index is -0.907. The molecule has 0 heterocycles. The Bertz CT molecular complexity index is 870. The van der Waals surface area contributed by atoms with Crippen molar-refractivity contribution < 1.29 is 24.2 Å². The predicted octanol–water partition coefficient (Wildman–Crippen LogP) is 4.88. The summed E-state index contributed by atoms with van der Waals surface area (Å²) in [4.78, 5) is 22.0. The molecule has 0 aliphatic carbocycles. The van der Waals surface area contributed by atoms with Gasteiger partial charge in [-0.05, 0) is 73.2 Å². The summed E-state index contributed by atoms with van der Waals surface area (Å²) in [6.45, 7) is 8.25. The molecular formula is C24H31NO5. The van der Waals surface area contributed by atoms with Gasteiger partial charge in [0.1, 0.15) is 5.75 Å². The largest absolute Gasteiger partial charge is 0.497 e. The summed E-state index contributed by atoms with van der Waals surface area (Å²) in [7, 11) is 1.62. The summed E-state index contributed by atoms with van der Waals surface area (Å²) in [6.07, 6.45) is 4.07. The molecule has 3 N–H and O–H groups in total. The van der Waals surface area contributed by atoms with Gasteiger partial charge in [0, 0.05) is 11.8 Å². The number of benzene rings is 2. The lowest BCUT2D eigenvalue weighted by atomic mass is 10.0. The highest BCUT2D eigenvalue weighted by Crippen LogP contribution is 2.19. The van der Waals surface area contributed by atoms with Crippen molar-refractivity contribution in [1.29, 1.82) is 0 Å². The summed E-state index contributed by atoms with van der Waals surface area (Å²) in [5.74, 6) is 0.136. The van der Waals surface area contributed by atoms with Gasteiger partial charge in [-0.1, -0.05) is 26.0 Å². The minimum Gasteiger partial charge on any atom is -0.497 e. The van der Waals surface area contributed by atoms with E-state index >= 15 is 0 Å². The first-order chi connectivity index (χ1) is 14.1. The molecule has 2 rings (SSSR count). The third-order valence-corrected chi connectivity index (χ3v) is 4.53. The molecule has 0 spiro atoms. The first kappa shape index (κ1) is 24.8. The second kappa shape index (κ2) is 12.3. The highest BCUT2D eigenvalue weighted by Gasteiger charge is 2.09. The molecule has 0 unspecified atom stereocenters. The predicted molar refractivity (Wildman–Crippen MR) is 120 cm³/mol. The van der Waals surface area contributed by atoms with E-state index in [1.165, 1.54) is 12.1 Å². The van der Waals surface area contributed by atoms with Crippen molar-refractivity contribution in [1.82, 2.24) is 0 Å². The number of hydrogen-bond donors (Lipinski definition) is 2. The number of aromatic carboxylic acids is 1. The molecular weight excluding hydrogens is 382 g/mol. The molecule has 0 aromatic heterocycles. The standard InChI is InChI=1S/C15H20O3.C9H11NO2/c1-12(2)10-11-18-15(16)9-6-13-4-7-14(17-3)8-5-13;1-5-6(2)8(10)4-3-7(5)9(11)12/h4-9,12H,10-11H2,1-3H3;3-4H,10H2,1-2H3,(H,11,12). The molecule has 0 fully saturated rings. The maximum atomic E-state index is 11.4. The number of nitrogens with two attached hydrogens (primary N) is 1. The monoisotopic (exact) mass is 413 g/mol. The van der Waals surface area contributed by atoms with Gasteiger partial charge in [-0.25, -0.2) is 9.59 Å². The van der Waals surface area contributed by atoms with Crippen molar-refractivity contribution in [3.63, 3.8) is 0 Å². The van der Waals surface area contributed by atoms with Crippen molar-refractivity contribution >= 4 is 23.7 Å². The van der Waals surface area contributed by atoms with Crippen LogP contribution in [0.3, 0.4) is 0 Å². The molecule has 30 heavy (non-hydrogen) atoms. The van der Waals surface area contributed by atoms with Crippen molar-refractivity contribution in [2.75, 3.05) is 19.5 Å². The third-order valence-electron chi connectivity index (χ3n) is 4.53. The molecule has 0 aliphatic heterocycles. The van der Waals surface area contributed by atoms with Gasteiger partial charge >= 0.3 is 11.9 Å². The normalized spacial score (nSPS) is 10.5. The second-order valence-electron chi connectivity index (χ2n) is 7.21. The molecule has 0 saturated heterocycles. The van der Waals surface area contributed by atoms with Gasteiger partial charge in [0.25, 0.3) is 0 Å². The lowest BCUT2D eigenvalue weighted by molar-refractivity contribution is -0.137. The number of nitrogen functional groups attached to an aromatic ring is 1. The molecule has 6 heteroatoms. The molecule has 0 atom stereocenters. The van der Waals surface area contributed by atoms with Crippen LogP contribution in [0.15, 0.2) is 42.5 Å². The number of anilines is 1. The second-order valence-corrected chi connectivity index (χ2v) is 7.21. The number of carboxylic acids is 1. The maximum Gasteiger partial charge on any atom is 0.335 e. The zero-order chi connectivity index (χ0) is 22.7. The van der Waals surface area contributed by atoms with Crippen molar-refractivity contribution in [2.24, 2.45) is 5.92 Å². The van der Waals surface area contributed by atoms with Crippen LogP contribution in [0, 0.1) is 19.8 Å². The van der Waals surface area contributed by atoms with Crippen LogP contribution in [-0.2, 0) is 9.53 Å². The Balaban J connectivity index is 0.000000325. The van der Waals surface area contributed by atoms with E-state index < -0.39 is 5.97 Å². The average Bonchev–Trinajstić information content (AvgIpc) is 2.71. The Morgan fingerprint density at radius 3 is 2.23 bits per heavy atom. The summed E-state index contributed by atoms with van der Waals surface area (Å²) >= 11 is 0. The van der Waals surface area contributed by atoms with Gasteiger partial charge < -0.3 is 20.3 Å². The molecule has 6 nitrogen and oxygen atoms in total. The lowest BCUT2D eigenvalue weighted by Crippen LogP contribution is -2.04. The highest BCUT2D eigenvalue weighted by molar-refractivity contribution is 5.90. The van der Waals surface area contributed by atoms with Gasteiger partial charge in [0.2, 0.25) is 0 Å². The van der Waals surface area contributed by atoms with Gasteiger partial charge in [0.05, 0.1) is 19.3 Å². The molecule has 2 aromatic carbocycles. The van der Waals surface area contributed by atoms with Crippen LogP contribution in [0.25, 0.3) is 6.08 Å². The number of hydrogen-bond acceptors (Lipinski definition) is 5. The first-order valence-electron chi connectivity index (χ1n) is 9.73. The fraction of sp³-hybridized carbons (Fsp3) is 0.333. The Kier molecular flexibility index (Phi) is 10.2. The zero-order valence-electron chi connectivity index (χ0n) is 18.3. The van der Waals surface area contributed by atoms with Crippen molar-refractivity contribution in [2.45, 2.75) is 34.1 Å². The van der Waals surface area contributed by atoms with Crippen LogP contribution in [0.5, 0.6) is 5.75 Å². The molecule has 0 aliphatic rings. The molecule has 0 radical (unpaired) electrons. The Labute approximate surface area is 178 Å². The van der Waals surface area contributed by atoms with E-state index in [4.69, 9.17) is 20.3 Å². The SMILES string of the molecule is COc1ccc(C=CC(=O)OCCC(C)C)cc1.Cc1c(N)ccc(C(=O)O)c1C. The summed E-state index contributed by atoms with van der Waals surface area (Å²) < 4.78 is 10.1. The van der Waals surface area contributed by atoms with Crippen LogP contribution in [0.4, 0.5) is 5.69 Å². The number of carbonyl (C=O) groups excluding carboxylic acids is 1. The Morgan fingerprint density at radius 1 is 1.07 bits per heavy atom. The number of carbonyl (C=O) groups is 2. The smallest absolute Gasteiger partial charge is 0.335 e.